The lowest BCUT2D eigenvalue weighted by Gasteiger charge is -2.45. The highest BCUT2D eigenvalue weighted by atomic mass is 32.1. The van der Waals surface area contributed by atoms with E-state index in [4.69, 9.17) is 0 Å². The van der Waals surface area contributed by atoms with E-state index in [0.29, 0.717) is 5.92 Å². The van der Waals surface area contributed by atoms with Crippen LogP contribution in [0.4, 0.5) is 28.4 Å². The average Bonchev–Trinajstić information content (AvgIpc) is 3.81. The van der Waals surface area contributed by atoms with Crippen molar-refractivity contribution in [2.45, 2.75) is 120 Å². The summed E-state index contributed by atoms with van der Waals surface area (Å²) in [6.45, 7) is 30.5. The van der Waals surface area contributed by atoms with Gasteiger partial charge in [0.2, 0.25) is 0 Å². The number of allylic oxidation sites excluding steroid dienone is 7. The molecule has 0 radical (unpaired) electrons. The van der Waals surface area contributed by atoms with Gasteiger partial charge in [0, 0.05) is 59.6 Å². The van der Waals surface area contributed by atoms with Crippen molar-refractivity contribution >= 4 is 94.1 Å². The molecule has 2 unspecified atom stereocenters. The van der Waals surface area contributed by atoms with E-state index in [2.05, 4.69) is 232 Å². The minimum Gasteiger partial charge on any atom is -0.343 e. The molecular weight excluding hydrogens is 818 g/mol. The highest BCUT2D eigenvalue weighted by molar-refractivity contribution is 7.26. The molecule has 2 aromatic heterocycles. The first-order valence-corrected chi connectivity index (χ1v) is 25.2. The second kappa shape index (κ2) is 14.7. The number of hydrogen-bond donors (Lipinski definition) is 0. The van der Waals surface area contributed by atoms with Gasteiger partial charge in [-0.3, -0.25) is 0 Å². The van der Waals surface area contributed by atoms with Crippen LogP contribution in [0.3, 0.4) is 0 Å². The average molecular weight is 884 g/mol. The summed E-state index contributed by atoms with van der Waals surface area (Å²) in [5.74, 6) is 0.464. The number of aryl methyl sites for hydroxylation is 1. The molecule has 4 heterocycles. The summed E-state index contributed by atoms with van der Waals surface area (Å²) in [5, 5.41) is 4.06. The number of hydrogen-bond acceptors (Lipinski definition) is 3. The summed E-state index contributed by atoms with van der Waals surface area (Å²) in [6, 6.07) is 35.9. The van der Waals surface area contributed by atoms with Crippen molar-refractivity contribution in [3.63, 3.8) is 0 Å². The molecule has 11 rings (SSSR count). The van der Waals surface area contributed by atoms with Crippen LogP contribution in [0.1, 0.15) is 119 Å². The zero-order chi connectivity index (χ0) is 46.4. The molecule has 4 aliphatic rings. The zero-order valence-electron chi connectivity index (χ0n) is 41.5. The van der Waals surface area contributed by atoms with E-state index in [-0.39, 0.29) is 34.4 Å². The van der Waals surface area contributed by atoms with E-state index in [1.54, 1.807) is 0 Å². The van der Waals surface area contributed by atoms with Crippen LogP contribution in [0.2, 0.25) is 0 Å². The van der Waals surface area contributed by atoms with E-state index in [0.717, 1.165) is 12.8 Å². The third-order valence-corrected chi connectivity index (χ3v) is 16.4. The monoisotopic (exact) mass is 884 g/mol. The molecule has 66 heavy (non-hydrogen) atoms. The Bertz CT molecular complexity index is 3270. The SMILES string of the molecule is Cc1cc2c3c(c1)N(c1ccc(C(C)(C)C)cc1)c1ccc(C(C)(C)C)cc1B3c1c(c3c4sc5ccccc5c4ccc3n1C1C=CC(C(C)(C)C)=CC1)N2C1=CCC(C(C)(C)C)C=C1. The van der Waals surface area contributed by atoms with E-state index < -0.39 is 0 Å². The van der Waals surface area contributed by atoms with Crippen molar-refractivity contribution in [3.05, 3.63) is 155 Å². The van der Waals surface area contributed by atoms with Crippen LogP contribution in [-0.4, -0.2) is 11.3 Å². The van der Waals surface area contributed by atoms with Crippen molar-refractivity contribution < 1.29 is 0 Å². The van der Waals surface area contributed by atoms with Crippen molar-refractivity contribution in [1.29, 1.82) is 0 Å². The summed E-state index contributed by atoms with van der Waals surface area (Å²) in [7, 11) is 0. The number of aromatic nitrogens is 1. The predicted octanol–water partition coefficient (Wildman–Crippen LogP) is 15.6. The van der Waals surface area contributed by atoms with E-state index in [9.17, 15) is 0 Å². The largest absolute Gasteiger partial charge is 0.343 e. The third-order valence-electron chi connectivity index (χ3n) is 15.2. The lowest BCUT2D eigenvalue weighted by Crippen LogP contribution is -2.63. The molecule has 3 nitrogen and oxygen atoms in total. The normalized spacial score (nSPS) is 18.5. The fourth-order valence-electron chi connectivity index (χ4n) is 11.4. The number of nitrogens with zero attached hydrogens (tertiary/aromatic N) is 3. The Morgan fingerprint density at radius 2 is 1.32 bits per heavy atom. The number of fused-ring (bicyclic) bond motifs is 10. The molecular formula is C61H66BN3S. The lowest BCUT2D eigenvalue weighted by molar-refractivity contribution is 0.293. The van der Waals surface area contributed by atoms with E-state index in [1.165, 1.54) is 104 Å². The van der Waals surface area contributed by atoms with Gasteiger partial charge in [0.25, 0.3) is 6.71 Å². The minimum atomic E-state index is -0.0361. The second-order valence-electron chi connectivity index (χ2n) is 23.9. The second-order valence-corrected chi connectivity index (χ2v) is 25.0. The summed E-state index contributed by atoms with van der Waals surface area (Å²) in [6.07, 6.45) is 17.0. The molecule has 0 amide bonds. The maximum absolute atomic E-state index is 2.80. The highest BCUT2D eigenvalue weighted by Crippen LogP contribution is 2.51. The number of thiophene rings is 1. The molecule has 5 aromatic carbocycles. The van der Waals surface area contributed by atoms with Crippen molar-refractivity contribution in [2.75, 3.05) is 9.80 Å². The molecule has 7 aromatic rings. The molecule has 0 N–H and O–H groups in total. The standard InChI is InChI=1S/C61H66BN3S/c1-37-34-50-54-51(35-37)64(43-27-20-39(21-28-43)59(5,6)7)55-53-49(33-31-46-45-16-14-15-17-52(45)66-56(46)53)65(44-29-22-40(23-30-44)60(8,9)10)57(55)62(54)47-36-41(61(11,12)13)24-32-48(47)63(50)42-25-18-38(19-26-42)58(2,3)4/h14-20,22-29,31-36,39,44H,21,30H2,1-13H3. The topological polar surface area (TPSA) is 11.4 Å². The van der Waals surface area contributed by atoms with E-state index in [1.807, 2.05) is 11.3 Å². The Labute approximate surface area is 398 Å². The molecule has 2 aliphatic heterocycles. The Hall–Kier alpha value is -5.52. The maximum atomic E-state index is 2.80. The van der Waals surface area contributed by atoms with Crippen LogP contribution in [-0.2, 0) is 10.8 Å². The summed E-state index contributed by atoms with van der Waals surface area (Å²) in [4.78, 5) is 5.31. The van der Waals surface area contributed by atoms with Gasteiger partial charge in [-0.1, -0.05) is 162 Å². The highest BCUT2D eigenvalue weighted by Gasteiger charge is 2.48. The zero-order valence-corrected chi connectivity index (χ0v) is 42.3. The molecule has 0 bridgehead atoms. The minimum absolute atomic E-state index is 0.0158. The fourth-order valence-corrected chi connectivity index (χ4v) is 12.7. The van der Waals surface area contributed by atoms with Gasteiger partial charge < -0.3 is 14.4 Å². The number of rotatable bonds is 3. The first-order valence-electron chi connectivity index (χ1n) is 24.4. The molecule has 0 spiro atoms. The number of benzene rings is 5. The predicted molar refractivity (Wildman–Crippen MR) is 290 cm³/mol. The Balaban J connectivity index is 1.29. The van der Waals surface area contributed by atoms with E-state index >= 15 is 0 Å². The van der Waals surface area contributed by atoms with Crippen LogP contribution in [0.5, 0.6) is 0 Å². The first kappa shape index (κ1) is 43.1. The van der Waals surface area contributed by atoms with Gasteiger partial charge in [-0.05, 0) is 129 Å². The van der Waals surface area contributed by atoms with Gasteiger partial charge in [0.05, 0.1) is 17.2 Å². The lowest BCUT2D eigenvalue weighted by atomic mass is 9.34. The van der Waals surface area contributed by atoms with Crippen LogP contribution in [0.15, 0.2) is 139 Å². The molecule has 334 valence electrons. The van der Waals surface area contributed by atoms with Crippen molar-refractivity contribution in [1.82, 2.24) is 4.57 Å². The Kier molecular flexibility index (Phi) is 9.62. The van der Waals surface area contributed by atoms with Gasteiger partial charge in [-0.15, -0.1) is 11.3 Å². The molecule has 0 fully saturated rings. The number of anilines is 5. The fraction of sp³-hybridized carbons (Fsp3) is 0.344. The van der Waals surface area contributed by atoms with Gasteiger partial charge in [0.15, 0.2) is 0 Å². The smallest absolute Gasteiger partial charge is 0.272 e. The molecule has 2 atom stereocenters. The van der Waals surface area contributed by atoms with Gasteiger partial charge >= 0.3 is 0 Å². The molecule has 0 saturated carbocycles. The van der Waals surface area contributed by atoms with Crippen LogP contribution >= 0.6 is 11.3 Å². The van der Waals surface area contributed by atoms with Crippen LogP contribution in [0.25, 0.3) is 31.1 Å². The third kappa shape index (κ3) is 6.73. The van der Waals surface area contributed by atoms with Crippen LogP contribution < -0.4 is 26.3 Å². The van der Waals surface area contributed by atoms with Crippen molar-refractivity contribution in [3.8, 4) is 0 Å². The Morgan fingerprint density at radius 1 is 0.621 bits per heavy atom. The van der Waals surface area contributed by atoms with Gasteiger partial charge in [-0.25, -0.2) is 0 Å². The molecule has 5 heteroatoms. The van der Waals surface area contributed by atoms with Gasteiger partial charge in [-0.2, -0.15) is 0 Å². The quantitative estimate of drug-likeness (QED) is 0.164. The van der Waals surface area contributed by atoms with Gasteiger partial charge in [0.1, 0.15) is 0 Å². The summed E-state index contributed by atoms with van der Waals surface area (Å²) < 4.78 is 5.52. The molecule has 0 saturated heterocycles. The van der Waals surface area contributed by atoms with Crippen molar-refractivity contribution in [2.24, 2.45) is 16.7 Å². The first-order chi connectivity index (χ1) is 31.2. The Morgan fingerprint density at radius 3 is 1.95 bits per heavy atom. The molecule has 2 aliphatic carbocycles. The maximum Gasteiger partial charge on any atom is 0.272 e. The van der Waals surface area contributed by atoms with Crippen LogP contribution in [0, 0.1) is 23.7 Å². The summed E-state index contributed by atoms with van der Waals surface area (Å²) in [5.41, 5.74) is 18.8. The summed E-state index contributed by atoms with van der Waals surface area (Å²) >= 11 is 1.97.